The molecular weight excluding hydrogens is 248 g/mol. The van der Waals surface area contributed by atoms with Gasteiger partial charge in [-0.2, -0.15) is 0 Å². The minimum Gasteiger partial charge on any atom is -0.264 e. The molecular formula is C16H15N4+. The molecule has 4 nitrogen and oxygen atoms in total. The van der Waals surface area contributed by atoms with Gasteiger partial charge in [-0.1, -0.05) is 28.2 Å². The molecule has 0 amide bonds. The minimum atomic E-state index is 0.906. The zero-order valence-electron chi connectivity index (χ0n) is 11.5. The molecule has 0 aliphatic heterocycles. The maximum absolute atomic E-state index is 4.38. The normalized spacial score (nSPS) is 10.5. The monoisotopic (exact) mass is 263 g/mol. The number of aromatic nitrogens is 4. The summed E-state index contributed by atoms with van der Waals surface area (Å²) in [7, 11) is 1.95. The summed E-state index contributed by atoms with van der Waals surface area (Å²) < 4.78 is 1.93. The fourth-order valence-corrected chi connectivity index (χ4v) is 2.20. The number of nitrogens with zero attached hydrogens (tertiary/aromatic N) is 4. The Morgan fingerprint density at radius 3 is 2.70 bits per heavy atom. The largest absolute Gasteiger partial charge is 0.273 e. The van der Waals surface area contributed by atoms with Gasteiger partial charge in [-0.15, -0.1) is 0 Å². The van der Waals surface area contributed by atoms with E-state index in [9.17, 15) is 0 Å². The summed E-state index contributed by atoms with van der Waals surface area (Å²) in [6, 6.07) is 10.4. The van der Waals surface area contributed by atoms with Crippen LogP contribution in [0.3, 0.4) is 0 Å². The summed E-state index contributed by atoms with van der Waals surface area (Å²) in [4.78, 5) is 12.6. The maximum Gasteiger partial charge on any atom is 0.273 e. The van der Waals surface area contributed by atoms with Gasteiger partial charge in [0.05, 0.1) is 12.6 Å². The van der Waals surface area contributed by atoms with Gasteiger partial charge in [0.2, 0.25) is 6.33 Å². The maximum atomic E-state index is 4.38. The first-order valence-corrected chi connectivity index (χ1v) is 6.43. The molecule has 0 saturated heterocycles. The second-order valence-corrected chi connectivity index (χ2v) is 4.72. The number of pyridine rings is 1. The third-order valence-corrected chi connectivity index (χ3v) is 3.29. The summed E-state index contributed by atoms with van der Waals surface area (Å²) in [5.41, 5.74) is 4.53. The van der Waals surface area contributed by atoms with Crippen LogP contribution in [0.2, 0.25) is 0 Å². The lowest BCUT2D eigenvalue weighted by Crippen LogP contribution is -2.32. The highest BCUT2D eigenvalue weighted by molar-refractivity contribution is 5.70. The summed E-state index contributed by atoms with van der Waals surface area (Å²) in [5.74, 6) is 0.906. The van der Waals surface area contributed by atoms with Crippen LogP contribution in [0.15, 0.2) is 55.4 Å². The second kappa shape index (κ2) is 5.17. The van der Waals surface area contributed by atoms with E-state index in [1.807, 2.05) is 23.9 Å². The van der Waals surface area contributed by atoms with Crippen LogP contribution in [0, 0.1) is 6.92 Å². The molecule has 0 atom stereocenters. The molecule has 0 N–H and O–H groups in total. The molecule has 0 unspecified atom stereocenters. The molecule has 1 aromatic carbocycles. The molecule has 98 valence electrons. The van der Waals surface area contributed by atoms with Gasteiger partial charge >= 0.3 is 0 Å². The summed E-state index contributed by atoms with van der Waals surface area (Å²) in [6.45, 7) is 2.09. The number of rotatable bonds is 2. The molecule has 3 aromatic rings. The van der Waals surface area contributed by atoms with E-state index in [0.717, 1.165) is 22.5 Å². The van der Waals surface area contributed by atoms with Crippen LogP contribution in [0.5, 0.6) is 0 Å². The molecule has 0 spiro atoms. The Kier molecular flexibility index (Phi) is 3.21. The molecule has 2 aromatic heterocycles. The Balaban J connectivity index is 2.15. The zero-order valence-corrected chi connectivity index (χ0v) is 11.5. The Morgan fingerprint density at radius 2 is 1.95 bits per heavy atom. The fraction of sp³-hybridized carbons (Fsp3) is 0.125. The standard InChI is InChI=1S/C16H15N4/c1-12-5-6-13(14-4-3-7-17-9-14)8-15(12)16-19-10-18-11-20(16)2/h3-11H,1-2H3/q+1. The molecule has 0 aliphatic rings. The van der Waals surface area contributed by atoms with Crippen LogP contribution in [0.4, 0.5) is 0 Å². The van der Waals surface area contributed by atoms with Crippen molar-refractivity contribution in [3.63, 3.8) is 0 Å². The summed E-state index contributed by atoms with van der Waals surface area (Å²) in [6.07, 6.45) is 6.99. The zero-order chi connectivity index (χ0) is 13.9. The summed E-state index contributed by atoms with van der Waals surface area (Å²) in [5, 5.41) is 0. The van der Waals surface area contributed by atoms with Crippen LogP contribution < -0.4 is 4.57 Å². The molecule has 20 heavy (non-hydrogen) atoms. The SMILES string of the molecule is Cc1ccc(-c2cccnc2)cc1-c1ncnc[n+]1C. The predicted molar refractivity (Wildman–Crippen MR) is 76.6 cm³/mol. The van der Waals surface area contributed by atoms with Crippen molar-refractivity contribution in [2.75, 3.05) is 0 Å². The van der Waals surface area contributed by atoms with Crippen molar-refractivity contribution in [2.45, 2.75) is 6.92 Å². The van der Waals surface area contributed by atoms with Crippen LogP contribution in [0.25, 0.3) is 22.5 Å². The number of aryl methyl sites for hydroxylation is 2. The average molecular weight is 263 g/mol. The Morgan fingerprint density at radius 1 is 1.05 bits per heavy atom. The van der Waals surface area contributed by atoms with E-state index in [0.29, 0.717) is 0 Å². The third-order valence-electron chi connectivity index (χ3n) is 3.29. The van der Waals surface area contributed by atoms with Crippen LogP contribution in [0.1, 0.15) is 5.56 Å². The van der Waals surface area contributed by atoms with Crippen molar-refractivity contribution in [3.05, 3.63) is 60.9 Å². The quantitative estimate of drug-likeness (QED) is 0.666. The van der Waals surface area contributed by atoms with E-state index in [4.69, 9.17) is 0 Å². The van der Waals surface area contributed by atoms with Gasteiger partial charge in [0.15, 0.2) is 0 Å². The van der Waals surface area contributed by atoms with E-state index in [1.54, 1.807) is 18.9 Å². The van der Waals surface area contributed by atoms with Crippen molar-refractivity contribution in [1.82, 2.24) is 15.0 Å². The number of hydrogen-bond donors (Lipinski definition) is 0. The fourth-order valence-electron chi connectivity index (χ4n) is 2.20. The smallest absolute Gasteiger partial charge is 0.264 e. The number of hydrogen-bond acceptors (Lipinski definition) is 3. The summed E-state index contributed by atoms with van der Waals surface area (Å²) >= 11 is 0. The highest BCUT2D eigenvalue weighted by atomic mass is 15.1. The molecule has 0 fully saturated rings. The molecule has 4 heteroatoms. The van der Waals surface area contributed by atoms with E-state index < -0.39 is 0 Å². The van der Waals surface area contributed by atoms with Gasteiger partial charge in [0.1, 0.15) is 0 Å². The third kappa shape index (κ3) is 2.28. The van der Waals surface area contributed by atoms with E-state index in [2.05, 4.69) is 46.1 Å². The first-order chi connectivity index (χ1) is 9.75. The lowest BCUT2D eigenvalue weighted by atomic mass is 10.0. The van der Waals surface area contributed by atoms with Crippen molar-refractivity contribution in [1.29, 1.82) is 0 Å². The highest BCUT2D eigenvalue weighted by Gasteiger charge is 2.13. The highest BCUT2D eigenvalue weighted by Crippen LogP contribution is 2.26. The molecule has 2 heterocycles. The van der Waals surface area contributed by atoms with Crippen molar-refractivity contribution < 1.29 is 4.57 Å². The van der Waals surface area contributed by atoms with Gasteiger partial charge in [-0.3, -0.25) is 4.98 Å². The van der Waals surface area contributed by atoms with Crippen molar-refractivity contribution in [3.8, 4) is 22.5 Å². The second-order valence-electron chi connectivity index (χ2n) is 4.72. The number of benzene rings is 1. The van der Waals surface area contributed by atoms with E-state index >= 15 is 0 Å². The molecule has 3 rings (SSSR count). The Labute approximate surface area is 117 Å². The van der Waals surface area contributed by atoms with Crippen molar-refractivity contribution >= 4 is 0 Å². The van der Waals surface area contributed by atoms with Gasteiger partial charge in [-0.05, 0) is 30.2 Å². The molecule has 0 bridgehead atoms. The van der Waals surface area contributed by atoms with Crippen molar-refractivity contribution in [2.24, 2.45) is 7.05 Å². The first-order valence-electron chi connectivity index (χ1n) is 6.43. The molecule has 0 aliphatic carbocycles. The van der Waals surface area contributed by atoms with E-state index in [1.165, 1.54) is 5.56 Å². The van der Waals surface area contributed by atoms with Crippen LogP contribution in [-0.2, 0) is 7.05 Å². The van der Waals surface area contributed by atoms with Gasteiger partial charge < -0.3 is 0 Å². The Bertz CT molecular complexity index is 738. The predicted octanol–water partition coefficient (Wildman–Crippen LogP) is 2.34. The van der Waals surface area contributed by atoms with Gasteiger partial charge in [0.25, 0.3) is 12.2 Å². The lowest BCUT2D eigenvalue weighted by Gasteiger charge is -2.07. The Hall–Kier alpha value is -2.62. The van der Waals surface area contributed by atoms with Gasteiger partial charge in [-0.25, -0.2) is 4.57 Å². The molecule has 0 saturated carbocycles. The van der Waals surface area contributed by atoms with E-state index in [-0.39, 0.29) is 0 Å². The minimum absolute atomic E-state index is 0.906. The topological polar surface area (TPSA) is 42.6 Å². The van der Waals surface area contributed by atoms with Gasteiger partial charge in [0, 0.05) is 18.0 Å². The lowest BCUT2D eigenvalue weighted by molar-refractivity contribution is -0.666. The van der Waals surface area contributed by atoms with Crippen LogP contribution >= 0.6 is 0 Å². The van der Waals surface area contributed by atoms with Crippen LogP contribution in [-0.4, -0.2) is 15.0 Å². The first kappa shape index (κ1) is 12.4. The average Bonchev–Trinajstić information content (AvgIpc) is 2.49. The molecule has 0 radical (unpaired) electrons.